The van der Waals surface area contributed by atoms with Crippen LogP contribution in [-0.2, 0) is 5.41 Å². The number of amides is 2. The molecule has 0 atom stereocenters. The fourth-order valence-electron chi connectivity index (χ4n) is 1.97. The number of hydrogen-bond donors (Lipinski definition) is 1. The molecule has 0 aliphatic heterocycles. The molecule has 0 fully saturated rings. The normalized spacial score (nSPS) is 11.2. The molecule has 0 saturated heterocycles. The monoisotopic (exact) mass is 350 g/mol. The highest BCUT2D eigenvalue weighted by atomic mass is 35.5. The van der Waals surface area contributed by atoms with Gasteiger partial charge in [0.25, 0.3) is 11.8 Å². The number of benzene rings is 1. The molecule has 120 valence electrons. The molecule has 1 aromatic heterocycles. The van der Waals surface area contributed by atoms with E-state index in [9.17, 15) is 9.59 Å². The minimum atomic E-state index is -0.582. The lowest BCUT2D eigenvalue weighted by atomic mass is 9.87. The number of hydrogen-bond acceptors (Lipinski definition) is 3. The van der Waals surface area contributed by atoms with Crippen LogP contribution < -0.4 is 5.32 Å². The Morgan fingerprint density at radius 1 is 0.913 bits per heavy atom. The van der Waals surface area contributed by atoms with Gasteiger partial charge in [-0.05, 0) is 35.2 Å². The van der Waals surface area contributed by atoms with Crippen LogP contribution in [0.25, 0.3) is 0 Å². The summed E-state index contributed by atoms with van der Waals surface area (Å²) in [6.45, 7) is 6.26. The maximum Gasteiger partial charge on any atom is 0.258 e. The summed E-state index contributed by atoms with van der Waals surface area (Å²) in [5.41, 5.74) is 1.68. The van der Waals surface area contributed by atoms with E-state index in [2.05, 4.69) is 31.1 Å². The van der Waals surface area contributed by atoms with Crippen LogP contribution in [0.3, 0.4) is 0 Å². The van der Waals surface area contributed by atoms with Crippen molar-refractivity contribution in [3.63, 3.8) is 0 Å². The van der Waals surface area contributed by atoms with Gasteiger partial charge in [-0.1, -0.05) is 56.1 Å². The Kier molecular flexibility index (Phi) is 5.07. The summed E-state index contributed by atoms with van der Waals surface area (Å²) < 4.78 is 0. The standard InChI is InChI=1S/C17H16Cl2N2O2/c1-17(2,3)12-6-4-10(5-7-12)15(22)21-16(23)11-8-13(18)20-14(19)9-11/h4-9H,1-3H3,(H,21,22,23). The maximum absolute atomic E-state index is 12.1. The molecule has 0 radical (unpaired) electrons. The quantitative estimate of drug-likeness (QED) is 0.650. The SMILES string of the molecule is CC(C)(C)c1ccc(C(=O)NC(=O)c2cc(Cl)nc(Cl)c2)cc1. The minimum Gasteiger partial charge on any atom is -0.288 e. The van der Waals surface area contributed by atoms with Crippen LogP contribution in [0.1, 0.15) is 47.1 Å². The first-order chi connectivity index (χ1) is 10.7. The number of nitrogens with one attached hydrogen (secondary N) is 1. The lowest BCUT2D eigenvalue weighted by molar-refractivity contribution is 0.0849. The van der Waals surface area contributed by atoms with E-state index in [4.69, 9.17) is 23.2 Å². The maximum atomic E-state index is 12.1. The molecule has 0 aliphatic rings. The van der Waals surface area contributed by atoms with Crippen LogP contribution in [-0.4, -0.2) is 16.8 Å². The van der Waals surface area contributed by atoms with E-state index >= 15 is 0 Å². The van der Waals surface area contributed by atoms with Crippen molar-refractivity contribution in [1.82, 2.24) is 10.3 Å². The molecule has 0 aliphatic carbocycles. The van der Waals surface area contributed by atoms with Crippen LogP contribution >= 0.6 is 23.2 Å². The van der Waals surface area contributed by atoms with Crippen molar-refractivity contribution < 1.29 is 9.59 Å². The van der Waals surface area contributed by atoms with E-state index in [1.54, 1.807) is 12.1 Å². The van der Waals surface area contributed by atoms with Gasteiger partial charge in [0.15, 0.2) is 0 Å². The predicted molar refractivity (Wildman–Crippen MR) is 91.2 cm³/mol. The minimum absolute atomic E-state index is 0.00460. The van der Waals surface area contributed by atoms with Gasteiger partial charge in [0, 0.05) is 11.1 Å². The molecule has 4 nitrogen and oxygen atoms in total. The molecule has 23 heavy (non-hydrogen) atoms. The highest BCUT2D eigenvalue weighted by molar-refractivity contribution is 6.33. The van der Waals surface area contributed by atoms with E-state index in [0.717, 1.165) is 5.56 Å². The highest BCUT2D eigenvalue weighted by Crippen LogP contribution is 2.22. The highest BCUT2D eigenvalue weighted by Gasteiger charge is 2.16. The van der Waals surface area contributed by atoms with Gasteiger partial charge in [0.1, 0.15) is 10.3 Å². The van der Waals surface area contributed by atoms with Crippen molar-refractivity contribution in [2.24, 2.45) is 0 Å². The van der Waals surface area contributed by atoms with Crippen molar-refractivity contribution in [2.45, 2.75) is 26.2 Å². The van der Waals surface area contributed by atoms with Crippen molar-refractivity contribution in [1.29, 1.82) is 0 Å². The molecule has 0 spiro atoms. The van der Waals surface area contributed by atoms with Gasteiger partial charge < -0.3 is 0 Å². The van der Waals surface area contributed by atoms with Gasteiger partial charge in [0.2, 0.25) is 0 Å². The summed E-state index contributed by atoms with van der Waals surface area (Å²) in [6.07, 6.45) is 0. The summed E-state index contributed by atoms with van der Waals surface area (Å²) >= 11 is 11.5. The number of imide groups is 1. The van der Waals surface area contributed by atoms with Crippen LogP contribution in [0.4, 0.5) is 0 Å². The molecule has 1 aromatic carbocycles. The zero-order chi connectivity index (χ0) is 17.2. The average Bonchev–Trinajstić information content (AvgIpc) is 2.45. The second-order valence-electron chi connectivity index (χ2n) is 6.11. The van der Waals surface area contributed by atoms with Crippen LogP contribution in [0.2, 0.25) is 10.3 Å². The summed E-state index contributed by atoms with van der Waals surface area (Å²) in [5, 5.41) is 2.48. The first-order valence-corrected chi connectivity index (χ1v) is 7.72. The van der Waals surface area contributed by atoms with Gasteiger partial charge >= 0.3 is 0 Å². The molecule has 2 amide bonds. The predicted octanol–water partition coefficient (Wildman–Crippen LogP) is 4.26. The number of carbonyl (C=O) groups is 2. The topological polar surface area (TPSA) is 59.1 Å². The van der Waals surface area contributed by atoms with Crippen molar-refractivity contribution >= 4 is 35.0 Å². The van der Waals surface area contributed by atoms with E-state index in [1.165, 1.54) is 12.1 Å². The lowest BCUT2D eigenvalue weighted by Crippen LogP contribution is -2.30. The molecule has 2 rings (SSSR count). The summed E-state index contributed by atoms with van der Waals surface area (Å²) in [4.78, 5) is 28.0. The first kappa shape index (κ1) is 17.4. The van der Waals surface area contributed by atoms with Gasteiger partial charge in [0.05, 0.1) is 0 Å². The number of rotatable bonds is 2. The van der Waals surface area contributed by atoms with Crippen LogP contribution in [0.5, 0.6) is 0 Å². The van der Waals surface area contributed by atoms with Gasteiger partial charge in [-0.2, -0.15) is 0 Å². The number of aromatic nitrogens is 1. The average molecular weight is 351 g/mol. The summed E-state index contributed by atoms with van der Waals surface area (Å²) in [5.74, 6) is -1.07. The smallest absolute Gasteiger partial charge is 0.258 e. The fraction of sp³-hybridized carbons (Fsp3) is 0.235. The first-order valence-electron chi connectivity index (χ1n) is 6.96. The Labute approximate surface area is 144 Å². The Hall–Kier alpha value is -1.91. The Balaban J connectivity index is 2.13. The largest absolute Gasteiger partial charge is 0.288 e. The number of pyridine rings is 1. The van der Waals surface area contributed by atoms with Gasteiger partial charge in [-0.25, -0.2) is 4.98 Å². The Morgan fingerprint density at radius 3 is 1.87 bits per heavy atom. The van der Waals surface area contributed by atoms with E-state index < -0.39 is 11.8 Å². The van der Waals surface area contributed by atoms with Gasteiger partial charge in [-0.15, -0.1) is 0 Å². The lowest BCUT2D eigenvalue weighted by Gasteiger charge is -2.19. The molecule has 1 N–H and O–H groups in total. The third kappa shape index (κ3) is 4.53. The van der Waals surface area contributed by atoms with Crippen LogP contribution in [0, 0.1) is 0 Å². The van der Waals surface area contributed by atoms with Crippen LogP contribution in [0.15, 0.2) is 36.4 Å². The molecule has 0 unspecified atom stereocenters. The molecule has 1 heterocycles. The van der Waals surface area contributed by atoms with E-state index in [1.807, 2.05) is 12.1 Å². The molecule has 2 aromatic rings. The third-order valence-electron chi connectivity index (χ3n) is 3.27. The third-order valence-corrected chi connectivity index (χ3v) is 3.65. The van der Waals surface area contributed by atoms with Crippen molar-refractivity contribution in [3.8, 4) is 0 Å². The Morgan fingerprint density at radius 2 is 1.39 bits per heavy atom. The molecular formula is C17H16Cl2N2O2. The van der Waals surface area contributed by atoms with E-state index in [0.29, 0.717) is 5.56 Å². The second kappa shape index (κ2) is 6.69. The number of carbonyl (C=O) groups excluding carboxylic acids is 2. The number of nitrogens with zero attached hydrogens (tertiary/aromatic N) is 1. The molecule has 0 saturated carbocycles. The summed E-state index contributed by atoms with van der Waals surface area (Å²) in [6, 6.07) is 9.82. The summed E-state index contributed by atoms with van der Waals surface area (Å²) in [7, 11) is 0. The van der Waals surface area contributed by atoms with Crippen molar-refractivity contribution in [3.05, 3.63) is 63.4 Å². The van der Waals surface area contributed by atoms with Crippen molar-refractivity contribution in [2.75, 3.05) is 0 Å². The van der Waals surface area contributed by atoms with Gasteiger partial charge in [-0.3, -0.25) is 14.9 Å². The number of halogens is 2. The zero-order valence-corrected chi connectivity index (χ0v) is 14.5. The van der Waals surface area contributed by atoms with E-state index in [-0.39, 0.29) is 21.3 Å². The molecule has 0 bridgehead atoms. The zero-order valence-electron chi connectivity index (χ0n) is 13.0. The Bertz CT molecular complexity index is 730. The fourth-order valence-corrected chi connectivity index (χ4v) is 2.43. The molecule has 6 heteroatoms. The second-order valence-corrected chi connectivity index (χ2v) is 6.89. The molecular weight excluding hydrogens is 335 g/mol.